The Morgan fingerprint density at radius 1 is 1.36 bits per heavy atom. The van der Waals surface area contributed by atoms with Crippen molar-refractivity contribution in [1.82, 2.24) is 10.2 Å². The lowest BCUT2D eigenvalue weighted by Gasteiger charge is -2.35. The Balaban J connectivity index is 0.00000220. The minimum Gasteiger partial charge on any atom is -0.496 e. The van der Waals surface area contributed by atoms with Crippen molar-refractivity contribution >= 4 is 24.8 Å². The van der Waals surface area contributed by atoms with Crippen molar-refractivity contribution in [2.45, 2.75) is 18.9 Å². The molecule has 2 rings (SSSR count). The summed E-state index contributed by atoms with van der Waals surface area (Å²) in [6, 6.07) is 4.95. The first-order chi connectivity index (χ1) is 9.76. The molecule has 0 amide bonds. The van der Waals surface area contributed by atoms with E-state index in [4.69, 9.17) is 4.74 Å². The van der Waals surface area contributed by atoms with Gasteiger partial charge in [0.1, 0.15) is 11.6 Å². The second-order valence-corrected chi connectivity index (χ2v) is 5.05. The maximum absolute atomic E-state index is 13.6. The number of allylic oxidation sites excluding steroid dienone is 1. The molecule has 1 aromatic carbocycles. The van der Waals surface area contributed by atoms with Crippen LogP contribution in [0.15, 0.2) is 30.9 Å². The number of piperazine rings is 1. The van der Waals surface area contributed by atoms with Crippen LogP contribution in [0, 0.1) is 5.82 Å². The highest BCUT2D eigenvalue weighted by Crippen LogP contribution is 2.33. The molecule has 3 nitrogen and oxygen atoms in total. The lowest BCUT2D eigenvalue weighted by molar-refractivity contribution is 0.163. The fourth-order valence-corrected chi connectivity index (χ4v) is 2.77. The highest BCUT2D eigenvalue weighted by molar-refractivity contribution is 5.85. The maximum Gasteiger partial charge on any atom is 0.123 e. The zero-order valence-electron chi connectivity index (χ0n) is 12.9. The number of rotatable bonds is 6. The Bertz CT molecular complexity index is 454. The largest absolute Gasteiger partial charge is 0.496 e. The molecule has 1 aliphatic heterocycles. The van der Waals surface area contributed by atoms with Gasteiger partial charge in [0, 0.05) is 37.8 Å². The molecule has 1 fully saturated rings. The van der Waals surface area contributed by atoms with Crippen LogP contribution >= 0.6 is 24.8 Å². The van der Waals surface area contributed by atoms with E-state index in [1.54, 1.807) is 19.2 Å². The van der Waals surface area contributed by atoms with Crippen molar-refractivity contribution < 1.29 is 9.13 Å². The third-order valence-corrected chi connectivity index (χ3v) is 3.79. The molecule has 1 N–H and O–H groups in total. The number of nitrogens with zero attached hydrogens (tertiary/aromatic N) is 1. The first-order valence-corrected chi connectivity index (χ1v) is 7.15. The molecular formula is C16H25Cl2FN2O. The van der Waals surface area contributed by atoms with E-state index in [1.807, 2.05) is 6.08 Å². The van der Waals surface area contributed by atoms with E-state index in [9.17, 15) is 4.39 Å². The molecule has 0 aromatic heterocycles. The van der Waals surface area contributed by atoms with Gasteiger partial charge in [0.2, 0.25) is 0 Å². The van der Waals surface area contributed by atoms with Crippen LogP contribution in [-0.2, 0) is 0 Å². The summed E-state index contributed by atoms with van der Waals surface area (Å²) in [7, 11) is 1.64. The molecule has 1 aliphatic rings. The number of ether oxygens (including phenoxy) is 1. The van der Waals surface area contributed by atoms with Crippen molar-refractivity contribution in [2.75, 3.05) is 33.3 Å². The molecule has 0 unspecified atom stereocenters. The number of hydrogen-bond donors (Lipinski definition) is 1. The van der Waals surface area contributed by atoms with E-state index in [0.717, 1.165) is 50.3 Å². The number of nitrogens with one attached hydrogen (secondary N) is 1. The molecule has 22 heavy (non-hydrogen) atoms. The highest BCUT2D eigenvalue weighted by atomic mass is 35.5. The van der Waals surface area contributed by atoms with E-state index in [-0.39, 0.29) is 36.7 Å². The van der Waals surface area contributed by atoms with Crippen LogP contribution in [0.4, 0.5) is 4.39 Å². The molecule has 1 heterocycles. The van der Waals surface area contributed by atoms with E-state index in [2.05, 4.69) is 16.8 Å². The predicted octanol–water partition coefficient (Wildman–Crippen LogP) is 3.59. The van der Waals surface area contributed by atoms with Gasteiger partial charge < -0.3 is 10.1 Å². The predicted molar refractivity (Wildman–Crippen MR) is 94.1 cm³/mol. The Hall–Kier alpha value is -0.810. The van der Waals surface area contributed by atoms with Crippen LogP contribution in [-0.4, -0.2) is 38.2 Å². The Morgan fingerprint density at radius 3 is 2.64 bits per heavy atom. The second-order valence-electron chi connectivity index (χ2n) is 5.05. The molecule has 0 bridgehead atoms. The van der Waals surface area contributed by atoms with Crippen molar-refractivity contribution in [2.24, 2.45) is 0 Å². The minimum absolute atomic E-state index is 0. The van der Waals surface area contributed by atoms with Crippen LogP contribution < -0.4 is 10.1 Å². The topological polar surface area (TPSA) is 24.5 Å². The van der Waals surface area contributed by atoms with Crippen LogP contribution in [0.1, 0.15) is 24.4 Å². The van der Waals surface area contributed by atoms with Crippen molar-refractivity contribution in [1.29, 1.82) is 0 Å². The summed E-state index contributed by atoms with van der Waals surface area (Å²) < 4.78 is 19.0. The average molecular weight is 351 g/mol. The van der Waals surface area contributed by atoms with Gasteiger partial charge in [0.05, 0.1) is 7.11 Å². The maximum atomic E-state index is 13.6. The summed E-state index contributed by atoms with van der Waals surface area (Å²) >= 11 is 0. The third kappa shape index (κ3) is 5.43. The molecule has 0 aliphatic carbocycles. The Labute approximate surface area is 144 Å². The number of halogens is 3. The van der Waals surface area contributed by atoms with Gasteiger partial charge in [-0.25, -0.2) is 4.39 Å². The van der Waals surface area contributed by atoms with Gasteiger partial charge in [-0.1, -0.05) is 6.08 Å². The van der Waals surface area contributed by atoms with Gasteiger partial charge in [-0.3, -0.25) is 4.90 Å². The summed E-state index contributed by atoms with van der Waals surface area (Å²) in [5.74, 6) is 0.554. The highest BCUT2D eigenvalue weighted by Gasteiger charge is 2.24. The summed E-state index contributed by atoms with van der Waals surface area (Å²) in [4.78, 5) is 2.40. The summed E-state index contributed by atoms with van der Waals surface area (Å²) in [5.41, 5.74) is 0.941. The standard InChI is InChI=1S/C16H23FN2O.2ClH/c1-3-4-5-15(19-10-8-18-9-11-19)14-12-13(17)6-7-16(14)20-2;;/h3,6-7,12,15,18H,1,4-5,8-11H2,2H3;2*1H/t15-;;/m1../s1. The molecule has 0 spiro atoms. The fraction of sp³-hybridized carbons (Fsp3) is 0.500. The van der Waals surface area contributed by atoms with Gasteiger partial charge in [0.25, 0.3) is 0 Å². The molecule has 0 radical (unpaired) electrons. The zero-order valence-corrected chi connectivity index (χ0v) is 14.5. The van der Waals surface area contributed by atoms with Gasteiger partial charge in [-0.15, -0.1) is 31.4 Å². The van der Waals surface area contributed by atoms with Crippen LogP contribution in [0.5, 0.6) is 5.75 Å². The van der Waals surface area contributed by atoms with Gasteiger partial charge in [-0.2, -0.15) is 0 Å². The molecule has 1 atom stereocenters. The quantitative estimate of drug-likeness (QED) is 0.793. The van der Waals surface area contributed by atoms with Crippen LogP contribution in [0.3, 0.4) is 0 Å². The number of benzene rings is 1. The third-order valence-electron chi connectivity index (χ3n) is 3.79. The van der Waals surface area contributed by atoms with E-state index in [0.29, 0.717) is 0 Å². The summed E-state index contributed by atoms with van der Waals surface area (Å²) in [6.07, 6.45) is 3.76. The van der Waals surface area contributed by atoms with Gasteiger partial charge >= 0.3 is 0 Å². The van der Waals surface area contributed by atoms with Gasteiger partial charge in [-0.05, 0) is 31.0 Å². The molecule has 1 saturated heterocycles. The lowest BCUT2D eigenvalue weighted by Crippen LogP contribution is -2.45. The Kier molecular flexibility index (Phi) is 10.4. The zero-order chi connectivity index (χ0) is 14.4. The lowest BCUT2D eigenvalue weighted by atomic mass is 9.98. The molecule has 126 valence electrons. The SMILES string of the molecule is C=CCC[C@H](c1cc(F)ccc1OC)N1CCNCC1.Cl.Cl. The average Bonchev–Trinajstić information content (AvgIpc) is 2.49. The van der Waals surface area contributed by atoms with Gasteiger partial charge in [0.15, 0.2) is 0 Å². The van der Waals surface area contributed by atoms with E-state index >= 15 is 0 Å². The number of hydrogen-bond acceptors (Lipinski definition) is 3. The second kappa shape index (κ2) is 10.8. The van der Waals surface area contributed by atoms with Crippen LogP contribution in [0.25, 0.3) is 0 Å². The molecular weight excluding hydrogens is 326 g/mol. The van der Waals surface area contributed by atoms with E-state index in [1.165, 1.54) is 6.07 Å². The Morgan fingerprint density at radius 2 is 2.05 bits per heavy atom. The van der Waals surface area contributed by atoms with Crippen molar-refractivity contribution in [3.8, 4) is 5.75 Å². The first-order valence-electron chi connectivity index (χ1n) is 7.15. The number of methoxy groups -OCH3 is 1. The van der Waals surface area contributed by atoms with Crippen molar-refractivity contribution in [3.63, 3.8) is 0 Å². The normalized spacial score (nSPS) is 16.1. The van der Waals surface area contributed by atoms with Crippen LogP contribution in [0.2, 0.25) is 0 Å². The molecule has 1 aromatic rings. The smallest absolute Gasteiger partial charge is 0.123 e. The summed E-state index contributed by atoms with van der Waals surface area (Å²) in [5, 5.41) is 3.35. The molecule has 6 heteroatoms. The minimum atomic E-state index is -0.209. The fourth-order valence-electron chi connectivity index (χ4n) is 2.77. The summed E-state index contributed by atoms with van der Waals surface area (Å²) in [6.45, 7) is 7.69. The van der Waals surface area contributed by atoms with E-state index < -0.39 is 0 Å². The monoisotopic (exact) mass is 350 g/mol. The first kappa shape index (κ1) is 21.2. The molecule has 0 saturated carbocycles. The van der Waals surface area contributed by atoms with Crippen molar-refractivity contribution in [3.05, 3.63) is 42.2 Å².